The molecule has 0 aliphatic heterocycles. The molecule has 4 nitrogen and oxygen atoms in total. The number of aromatic nitrogens is 2. The monoisotopic (exact) mass is 354 g/mol. The molecule has 2 aromatic rings. The molecule has 0 unspecified atom stereocenters. The van der Waals surface area contributed by atoms with Gasteiger partial charge in [0.25, 0.3) is 0 Å². The summed E-state index contributed by atoms with van der Waals surface area (Å²) in [5.74, 6) is -0.355. The van der Waals surface area contributed by atoms with Crippen molar-refractivity contribution in [2.24, 2.45) is 5.41 Å². The normalized spacial score (nSPS) is 17.4. The molecule has 0 spiro atoms. The van der Waals surface area contributed by atoms with E-state index >= 15 is 0 Å². The fraction of sp³-hybridized carbons (Fsp3) is 0.467. The molecule has 1 heterocycles. The van der Waals surface area contributed by atoms with Crippen LogP contribution >= 0.6 is 15.9 Å². The van der Waals surface area contributed by atoms with Crippen LogP contribution in [0.25, 0.3) is 11.0 Å². The molecule has 112 valence electrons. The third-order valence-corrected chi connectivity index (χ3v) is 4.91. The molecule has 21 heavy (non-hydrogen) atoms. The van der Waals surface area contributed by atoms with Gasteiger partial charge in [0.15, 0.2) is 0 Å². The number of carboxylic acid groups (broad SMARTS) is 1. The van der Waals surface area contributed by atoms with Crippen LogP contribution in [0.5, 0.6) is 0 Å². The predicted molar refractivity (Wildman–Crippen MR) is 80.6 cm³/mol. The minimum Gasteiger partial charge on any atom is -0.481 e. The molecule has 3 rings (SSSR count). The van der Waals surface area contributed by atoms with Crippen molar-refractivity contribution in [1.82, 2.24) is 9.97 Å². The Morgan fingerprint density at radius 2 is 2.14 bits per heavy atom. The van der Waals surface area contributed by atoms with Gasteiger partial charge >= 0.3 is 5.97 Å². The number of hydrogen-bond donors (Lipinski definition) is 2. The molecular formula is C15H16BrFN2O2. The molecule has 0 radical (unpaired) electrons. The Balaban J connectivity index is 1.91. The Bertz CT molecular complexity index is 653. The fourth-order valence-electron chi connectivity index (χ4n) is 3.36. The van der Waals surface area contributed by atoms with Crippen molar-refractivity contribution < 1.29 is 14.3 Å². The van der Waals surface area contributed by atoms with Gasteiger partial charge in [-0.25, -0.2) is 9.37 Å². The first-order chi connectivity index (χ1) is 9.97. The number of H-pyrrole nitrogens is 1. The predicted octanol–water partition coefficient (Wildman–Crippen LogP) is 4.04. The first kappa shape index (κ1) is 14.5. The Kier molecular flexibility index (Phi) is 3.73. The summed E-state index contributed by atoms with van der Waals surface area (Å²) in [4.78, 5) is 18.7. The van der Waals surface area contributed by atoms with Crippen molar-refractivity contribution in [2.45, 2.75) is 38.5 Å². The van der Waals surface area contributed by atoms with Gasteiger partial charge < -0.3 is 10.1 Å². The number of hydrogen-bond acceptors (Lipinski definition) is 2. The molecule has 0 saturated heterocycles. The summed E-state index contributed by atoms with van der Waals surface area (Å²) in [7, 11) is 0. The third kappa shape index (κ3) is 2.95. The molecule has 1 saturated carbocycles. The second-order valence-electron chi connectivity index (χ2n) is 5.92. The van der Waals surface area contributed by atoms with E-state index in [1.165, 1.54) is 6.07 Å². The van der Waals surface area contributed by atoms with E-state index in [0.717, 1.165) is 31.5 Å². The lowest BCUT2D eigenvalue weighted by Gasteiger charge is -2.25. The Morgan fingerprint density at radius 3 is 2.81 bits per heavy atom. The first-order valence-corrected chi connectivity index (χ1v) is 7.82. The van der Waals surface area contributed by atoms with E-state index in [2.05, 4.69) is 25.9 Å². The Labute approximate surface area is 129 Å². The number of fused-ring (bicyclic) bond motifs is 1. The van der Waals surface area contributed by atoms with E-state index in [4.69, 9.17) is 5.11 Å². The van der Waals surface area contributed by atoms with E-state index in [1.54, 1.807) is 6.07 Å². The van der Waals surface area contributed by atoms with Crippen LogP contribution in [0.3, 0.4) is 0 Å². The third-order valence-electron chi connectivity index (χ3n) is 4.31. The molecule has 1 aliphatic carbocycles. The maximum Gasteiger partial charge on any atom is 0.303 e. The van der Waals surface area contributed by atoms with Gasteiger partial charge in [0, 0.05) is 12.5 Å². The number of aromatic amines is 1. The van der Waals surface area contributed by atoms with E-state index < -0.39 is 5.97 Å². The van der Waals surface area contributed by atoms with Crippen molar-refractivity contribution >= 4 is 32.9 Å². The topological polar surface area (TPSA) is 66.0 Å². The Hall–Kier alpha value is -1.43. The summed E-state index contributed by atoms with van der Waals surface area (Å²) in [5, 5.41) is 9.14. The quantitative estimate of drug-likeness (QED) is 0.870. The van der Waals surface area contributed by atoms with E-state index in [1.807, 2.05) is 0 Å². The molecule has 1 aliphatic rings. The highest BCUT2D eigenvalue weighted by Crippen LogP contribution is 2.43. The summed E-state index contributed by atoms with van der Waals surface area (Å²) in [6.45, 7) is 0. The molecule has 0 bridgehead atoms. The number of nitrogens with one attached hydrogen (secondary N) is 1. The fourth-order valence-corrected chi connectivity index (χ4v) is 3.69. The SMILES string of the molecule is O=C(O)CC1(Cc2nc3cc(Br)c(F)cc3[nH]2)CCCC1. The van der Waals surface area contributed by atoms with Gasteiger partial charge in [-0.15, -0.1) is 0 Å². The average molecular weight is 355 g/mol. The van der Waals surface area contributed by atoms with Crippen LogP contribution in [-0.4, -0.2) is 21.0 Å². The van der Waals surface area contributed by atoms with Gasteiger partial charge in [-0.05, 0) is 40.3 Å². The Morgan fingerprint density at radius 1 is 1.43 bits per heavy atom. The van der Waals surface area contributed by atoms with Crippen molar-refractivity contribution in [3.8, 4) is 0 Å². The molecule has 1 aromatic heterocycles. The van der Waals surface area contributed by atoms with Crippen LogP contribution in [0.15, 0.2) is 16.6 Å². The largest absolute Gasteiger partial charge is 0.481 e. The zero-order valence-electron chi connectivity index (χ0n) is 11.5. The van der Waals surface area contributed by atoms with Crippen LogP contribution in [-0.2, 0) is 11.2 Å². The second-order valence-corrected chi connectivity index (χ2v) is 6.78. The van der Waals surface area contributed by atoms with Gasteiger partial charge in [0.05, 0.1) is 21.9 Å². The summed E-state index contributed by atoms with van der Waals surface area (Å²) in [6, 6.07) is 3.05. The van der Waals surface area contributed by atoms with Crippen molar-refractivity contribution in [3.05, 3.63) is 28.2 Å². The second kappa shape index (κ2) is 5.40. The van der Waals surface area contributed by atoms with Crippen LogP contribution < -0.4 is 0 Å². The first-order valence-electron chi connectivity index (χ1n) is 7.03. The number of carboxylic acids is 1. The summed E-state index contributed by atoms with van der Waals surface area (Å²) >= 11 is 3.15. The van der Waals surface area contributed by atoms with Gasteiger partial charge in [-0.2, -0.15) is 0 Å². The number of halogens is 2. The lowest BCUT2D eigenvalue weighted by Crippen LogP contribution is -2.24. The van der Waals surface area contributed by atoms with Crippen LogP contribution in [0, 0.1) is 11.2 Å². The maximum atomic E-state index is 13.5. The minimum atomic E-state index is -0.762. The van der Waals surface area contributed by atoms with Gasteiger partial charge in [-0.3, -0.25) is 4.79 Å². The molecule has 1 fully saturated rings. The lowest BCUT2D eigenvalue weighted by atomic mass is 9.79. The van der Waals surface area contributed by atoms with Gasteiger partial charge in [0.2, 0.25) is 0 Å². The zero-order valence-corrected chi connectivity index (χ0v) is 13.0. The zero-order chi connectivity index (χ0) is 15.0. The number of benzene rings is 1. The number of carbonyl (C=O) groups is 1. The number of rotatable bonds is 4. The molecule has 0 atom stereocenters. The smallest absolute Gasteiger partial charge is 0.303 e. The number of aliphatic carboxylic acids is 1. The number of nitrogens with zero attached hydrogens (tertiary/aromatic N) is 1. The van der Waals surface area contributed by atoms with E-state index in [9.17, 15) is 9.18 Å². The summed E-state index contributed by atoms with van der Waals surface area (Å²) in [6.07, 6.45) is 4.72. The molecule has 2 N–H and O–H groups in total. The van der Waals surface area contributed by atoms with Crippen LogP contribution in [0.4, 0.5) is 4.39 Å². The summed E-state index contributed by atoms with van der Waals surface area (Å²) in [5.41, 5.74) is 1.13. The molecule has 1 aromatic carbocycles. The highest BCUT2D eigenvalue weighted by Gasteiger charge is 2.37. The highest BCUT2D eigenvalue weighted by atomic mass is 79.9. The van der Waals surface area contributed by atoms with Crippen LogP contribution in [0.2, 0.25) is 0 Å². The van der Waals surface area contributed by atoms with E-state index in [0.29, 0.717) is 21.9 Å². The van der Waals surface area contributed by atoms with E-state index in [-0.39, 0.29) is 17.7 Å². The molecule has 0 amide bonds. The minimum absolute atomic E-state index is 0.169. The van der Waals surface area contributed by atoms with Crippen LogP contribution in [0.1, 0.15) is 37.9 Å². The molecule has 6 heteroatoms. The average Bonchev–Trinajstić information content (AvgIpc) is 2.96. The maximum absolute atomic E-state index is 13.5. The lowest BCUT2D eigenvalue weighted by molar-refractivity contribution is -0.139. The summed E-state index contributed by atoms with van der Waals surface area (Å²) < 4.78 is 13.9. The highest BCUT2D eigenvalue weighted by molar-refractivity contribution is 9.10. The van der Waals surface area contributed by atoms with Crippen molar-refractivity contribution in [1.29, 1.82) is 0 Å². The van der Waals surface area contributed by atoms with Crippen molar-refractivity contribution in [2.75, 3.05) is 0 Å². The van der Waals surface area contributed by atoms with Crippen molar-refractivity contribution in [3.63, 3.8) is 0 Å². The number of imidazole rings is 1. The molecular weight excluding hydrogens is 339 g/mol. The van der Waals surface area contributed by atoms with Gasteiger partial charge in [0.1, 0.15) is 11.6 Å². The van der Waals surface area contributed by atoms with Gasteiger partial charge in [-0.1, -0.05) is 12.8 Å². The standard InChI is InChI=1S/C15H16BrFN2O2/c16-9-5-11-12(6-10(9)17)19-13(18-11)7-15(8-14(20)21)3-1-2-4-15/h5-6H,1-4,7-8H2,(H,18,19)(H,20,21).